The number of anilines is 1. The monoisotopic (exact) mass is 288 g/mol. The highest BCUT2D eigenvalue weighted by atomic mass is 16.5. The second kappa shape index (κ2) is 7.18. The van der Waals surface area contributed by atoms with Crippen LogP contribution in [-0.4, -0.2) is 20.2 Å². The zero-order valence-electron chi connectivity index (χ0n) is 13.2. The Labute approximate surface area is 126 Å². The van der Waals surface area contributed by atoms with Crippen molar-refractivity contribution in [2.75, 3.05) is 19.1 Å². The van der Waals surface area contributed by atoms with Gasteiger partial charge in [0, 0.05) is 30.9 Å². The SMILES string of the molecule is COc1ccc(N(C)Cc2occc2CNC(C)C)cc1. The molecule has 0 unspecified atom stereocenters. The van der Waals surface area contributed by atoms with E-state index in [4.69, 9.17) is 9.15 Å². The smallest absolute Gasteiger partial charge is 0.127 e. The lowest BCUT2D eigenvalue weighted by atomic mass is 10.2. The number of benzene rings is 1. The summed E-state index contributed by atoms with van der Waals surface area (Å²) < 4.78 is 10.8. The normalized spacial score (nSPS) is 10.9. The van der Waals surface area contributed by atoms with Crippen LogP contribution >= 0.6 is 0 Å². The topological polar surface area (TPSA) is 37.6 Å². The molecule has 0 amide bonds. The molecule has 0 saturated carbocycles. The van der Waals surface area contributed by atoms with E-state index >= 15 is 0 Å². The Kier molecular flexibility index (Phi) is 5.28. The van der Waals surface area contributed by atoms with Gasteiger partial charge >= 0.3 is 0 Å². The standard InChI is InChI=1S/C17H24N2O2/c1-13(2)18-11-14-9-10-21-17(14)12-19(3)15-5-7-16(20-4)8-6-15/h5-10,13,18H,11-12H2,1-4H3. The van der Waals surface area contributed by atoms with Gasteiger partial charge in [-0.1, -0.05) is 13.8 Å². The van der Waals surface area contributed by atoms with Gasteiger partial charge in [-0.25, -0.2) is 0 Å². The molecule has 0 fully saturated rings. The molecule has 0 bridgehead atoms. The first-order valence-corrected chi connectivity index (χ1v) is 7.24. The summed E-state index contributed by atoms with van der Waals surface area (Å²) in [7, 11) is 3.74. The van der Waals surface area contributed by atoms with E-state index in [1.807, 2.05) is 30.3 Å². The van der Waals surface area contributed by atoms with E-state index < -0.39 is 0 Å². The van der Waals surface area contributed by atoms with Crippen LogP contribution in [0, 0.1) is 0 Å². The summed E-state index contributed by atoms with van der Waals surface area (Å²) in [6.07, 6.45) is 1.76. The van der Waals surface area contributed by atoms with Crippen LogP contribution < -0.4 is 15.0 Å². The Morgan fingerprint density at radius 3 is 2.52 bits per heavy atom. The number of nitrogens with one attached hydrogen (secondary N) is 1. The zero-order valence-corrected chi connectivity index (χ0v) is 13.2. The Bertz CT molecular complexity index is 546. The predicted molar refractivity (Wildman–Crippen MR) is 85.8 cm³/mol. The molecule has 0 saturated heterocycles. The average molecular weight is 288 g/mol. The molecule has 0 aliphatic carbocycles. The zero-order chi connectivity index (χ0) is 15.2. The summed E-state index contributed by atoms with van der Waals surface area (Å²) in [6, 6.07) is 10.5. The first-order valence-electron chi connectivity index (χ1n) is 7.24. The van der Waals surface area contributed by atoms with E-state index in [-0.39, 0.29) is 0 Å². The molecule has 1 aromatic carbocycles. The van der Waals surface area contributed by atoms with Gasteiger partial charge in [-0.3, -0.25) is 0 Å². The summed E-state index contributed by atoms with van der Waals surface area (Å²) in [5.74, 6) is 1.87. The van der Waals surface area contributed by atoms with Crippen LogP contribution in [0.1, 0.15) is 25.2 Å². The van der Waals surface area contributed by atoms with E-state index in [0.29, 0.717) is 6.04 Å². The summed E-state index contributed by atoms with van der Waals surface area (Å²) in [6.45, 7) is 5.86. The minimum absolute atomic E-state index is 0.465. The fourth-order valence-corrected chi connectivity index (χ4v) is 2.12. The predicted octanol–water partition coefficient (Wildman–Crippen LogP) is 3.42. The van der Waals surface area contributed by atoms with Crippen LogP contribution in [0.15, 0.2) is 41.0 Å². The fourth-order valence-electron chi connectivity index (χ4n) is 2.12. The quantitative estimate of drug-likeness (QED) is 0.847. The second-order valence-corrected chi connectivity index (χ2v) is 5.46. The average Bonchev–Trinajstić information content (AvgIpc) is 2.92. The lowest BCUT2D eigenvalue weighted by Gasteiger charge is -2.19. The van der Waals surface area contributed by atoms with Crippen LogP contribution in [-0.2, 0) is 13.1 Å². The molecule has 0 spiro atoms. The Hall–Kier alpha value is -1.94. The fraction of sp³-hybridized carbons (Fsp3) is 0.412. The molecular formula is C17H24N2O2. The van der Waals surface area contributed by atoms with Gasteiger partial charge in [0.15, 0.2) is 0 Å². The van der Waals surface area contributed by atoms with Gasteiger partial charge < -0.3 is 19.4 Å². The van der Waals surface area contributed by atoms with Crippen molar-refractivity contribution < 1.29 is 9.15 Å². The van der Waals surface area contributed by atoms with Crippen LogP contribution in [0.5, 0.6) is 5.75 Å². The maximum atomic E-state index is 5.63. The first-order chi connectivity index (χ1) is 10.1. The molecule has 4 nitrogen and oxygen atoms in total. The molecule has 2 rings (SSSR count). The van der Waals surface area contributed by atoms with Gasteiger partial charge in [0.05, 0.1) is 19.9 Å². The molecule has 4 heteroatoms. The van der Waals surface area contributed by atoms with Crippen LogP contribution in [0.4, 0.5) is 5.69 Å². The van der Waals surface area contributed by atoms with Crippen molar-refractivity contribution in [1.82, 2.24) is 5.32 Å². The molecule has 0 atom stereocenters. The summed E-state index contributed by atoms with van der Waals surface area (Å²) in [5, 5.41) is 3.42. The summed E-state index contributed by atoms with van der Waals surface area (Å²) >= 11 is 0. The second-order valence-electron chi connectivity index (χ2n) is 5.46. The van der Waals surface area contributed by atoms with E-state index in [9.17, 15) is 0 Å². The molecule has 2 aromatic rings. The van der Waals surface area contributed by atoms with Crippen LogP contribution in [0.2, 0.25) is 0 Å². The van der Waals surface area contributed by atoms with Crippen molar-refractivity contribution in [3.05, 3.63) is 47.9 Å². The summed E-state index contributed by atoms with van der Waals surface area (Å²) in [4.78, 5) is 2.16. The highest BCUT2D eigenvalue weighted by molar-refractivity contribution is 5.48. The third kappa shape index (κ3) is 4.26. The lowest BCUT2D eigenvalue weighted by molar-refractivity contribution is 0.415. The number of furan rings is 1. The largest absolute Gasteiger partial charge is 0.497 e. The Morgan fingerprint density at radius 2 is 1.90 bits per heavy atom. The molecule has 1 heterocycles. The molecule has 114 valence electrons. The number of hydrogen-bond donors (Lipinski definition) is 1. The van der Waals surface area contributed by atoms with Crippen molar-refractivity contribution in [2.24, 2.45) is 0 Å². The van der Waals surface area contributed by atoms with Gasteiger partial charge in [-0.15, -0.1) is 0 Å². The summed E-state index contributed by atoms with van der Waals surface area (Å²) in [5.41, 5.74) is 2.35. The Morgan fingerprint density at radius 1 is 1.19 bits per heavy atom. The first kappa shape index (κ1) is 15.4. The molecule has 1 aromatic heterocycles. The Balaban J connectivity index is 2.01. The van der Waals surface area contributed by atoms with E-state index in [1.54, 1.807) is 13.4 Å². The van der Waals surface area contributed by atoms with Gasteiger partial charge in [0.25, 0.3) is 0 Å². The minimum atomic E-state index is 0.465. The maximum absolute atomic E-state index is 5.63. The van der Waals surface area contributed by atoms with Gasteiger partial charge in [-0.05, 0) is 30.3 Å². The van der Waals surface area contributed by atoms with Crippen LogP contribution in [0.3, 0.4) is 0 Å². The number of ether oxygens (including phenoxy) is 1. The number of hydrogen-bond acceptors (Lipinski definition) is 4. The third-order valence-electron chi connectivity index (χ3n) is 3.43. The van der Waals surface area contributed by atoms with E-state index in [1.165, 1.54) is 5.56 Å². The van der Waals surface area contributed by atoms with Crippen LogP contribution in [0.25, 0.3) is 0 Å². The number of nitrogens with zero attached hydrogens (tertiary/aromatic N) is 1. The number of rotatable bonds is 7. The van der Waals surface area contributed by atoms with Crippen molar-refractivity contribution in [2.45, 2.75) is 33.0 Å². The van der Waals surface area contributed by atoms with Crippen molar-refractivity contribution in [3.8, 4) is 5.75 Å². The molecule has 0 aliphatic rings. The van der Waals surface area contributed by atoms with Gasteiger partial charge in [-0.2, -0.15) is 0 Å². The van der Waals surface area contributed by atoms with Crippen molar-refractivity contribution in [1.29, 1.82) is 0 Å². The van der Waals surface area contributed by atoms with Crippen molar-refractivity contribution >= 4 is 5.69 Å². The van der Waals surface area contributed by atoms with Gasteiger partial charge in [0.1, 0.15) is 11.5 Å². The molecule has 0 radical (unpaired) electrons. The highest BCUT2D eigenvalue weighted by Gasteiger charge is 2.10. The highest BCUT2D eigenvalue weighted by Crippen LogP contribution is 2.21. The van der Waals surface area contributed by atoms with E-state index in [0.717, 1.165) is 30.3 Å². The number of methoxy groups -OCH3 is 1. The minimum Gasteiger partial charge on any atom is -0.497 e. The lowest BCUT2D eigenvalue weighted by Crippen LogP contribution is -2.23. The molecule has 1 N–H and O–H groups in total. The maximum Gasteiger partial charge on any atom is 0.127 e. The molecule has 21 heavy (non-hydrogen) atoms. The molecular weight excluding hydrogens is 264 g/mol. The van der Waals surface area contributed by atoms with Crippen molar-refractivity contribution in [3.63, 3.8) is 0 Å². The van der Waals surface area contributed by atoms with Gasteiger partial charge in [0.2, 0.25) is 0 Å². The molecule has 0 aliphatic heterocycles. The van der Waals surface area contributed by atoms with E-state index in [2.05, 4.69) is 31.1 Å². The third-order valence-corrected chi connectivity index (χ3v) is 3.43.